The Hall–Kier alpha value is -3.31. The van der Waals surface area contributed by atoms with E-state index in [1.165, 1.54) is 0 Å². The molecular weight excluding hydrogens is 424 g/mol. The predicted molar refractivity (Wildman–Crippen MR) is 126 cm³/mol. The van der Waals surface area contributed by atoms with E-state index >= 15 is 0 Å². The first-order valence-electron chi connectivity index (χ1n) is 10.7. The lowest BCUT2D eigenvalue weighted by Gasteiger charge is -2.30. The van der Waals surface area contributed by atoms with Gasteiger partial charge in [0.05, 0.1) is 6.54 Å². The lowest BCUT2D eigenvalue weighted by atomic mass is 9.96. The fraction of sp³-hybridized carbons (Fsp3) is 0.231. The van der Waals surface area contributed by atoms with Crippen molar-refractivity contribution in [3.8, 4) is 11.3 Å². The first kappa shape index (κ1) is 21.9. The summed E-state index contributed by atoms with van der Waals surface area (Å²) in [6.45, 7) is 1.50. The second-order valence-electron chi connectivity index (χ2n) is 7.83. The van der Waals surface area contributed by atoms with Gasteiger partial charge >= 0.3 is 0 Å². The van der Waals surface area contributed by atoms with Crippen LogP contribution >= 0.6 is 11.6 Å². The summed E-state index contributed by atoms with van der Waals surface area (Å²) < 4.78 is 5.84. The number of likely N-dealkylation sites (tertiary alicyclic amines) is 1. The number of hydrogen-bond donors (Lipinski definition) is 1. The number of piperidine rings is 1. The van der Waals surface area contributed by atoms with Gasteiger partial charge in [0.2, 0.25) is 11.8 Å². The van der Waals surface area contributed by atoms with Gasteiger partial charge in [-0.1, -0.05) is 41.9 Å². The molecule has 4 rings (SSSR count). The Morgan fingerprint density at radius 2 is 1.72 bits per heavy atom. The van der Waals surface area contributed by atoms with Crippen LogP contribution in [-0.2, 0) is 16.1 Å². The Labute approximate surface area is 192 Å². The third-order valence-corrected chi connectivity index (χ3v) is 5.87. The average Bonchev–Trinajstić information content (AvgIpc) is 3.31. The number of nitrogens with zero attached hydrogens (tertiary/aromatic N) is 1. The summed E-state index contributed by atoms with van der Waals surface area (Å²) >= 11 is 5.93. The van der Waals surface area contributed by atoms with Crippen LogP contribution in [0.2, 0.25) is 5.02 Å². The number of carbonyl (C=O) groups is 2. The van der Waals surface area contributed by atoms with E-state index in [-0.39, 0.29) is 17.7 Å². The Balaban J connectivity index is 1.23. The number of nitrogens with one attached hydrogen (secondary N) is 1. The van der Waals surface area contributed by atoms with Crippen LogP contribution in [0, 0.1) is 5.92 Å². The normalized spacial score (nSPS) is 14.6. The molecule has 3 aromatic rings. The summed E-state index contributed by atoms with van der Waals surface area (Å²) in [5, 5.41) is 3.64. The lowest BCUT2D eigenvalue weighted by molar-refractivity contribution is -0.132. The molecule has 1 fully saturated rings. The van der Waals surface area contributed by atoms with Crippen molar-refractivity contribution in [1.29, 1.82) is 0 Å². The van der Waals surface area contributed by atoms with Gasteiger partial charge < -0.3 is 14.6 Å². The highest BCUT2D eigenvalue weighted by molar-refractivity contribution is 6.30. The molecule has 2 aromatic carbocycles. The topological polar surface area (TPSA) is 62.6 Å². The number of hydrogen-bond acceptors (Lipinski definition) is 3. The number of halogens is 1. The number of amides is 2. The van der Waals surface area contributed by atoms with Crippen molar-refractivity contribution < 1.29 is 14.0 Å². The summed E-state index contributed by atoms with van der Waals surface area (Å²) in [7, 11) is 0. The van der Waals surface area contributed by atoms with Crippen molar-refractivity contribution >= 4 is 29.5 Å². The van der Waals surface area contributed by atoms with Crippen molar-refractivity contribution in [3.63, 3.8) is 0 Å². The van der Waals surface area contributed by atoms with Gasteiger partial charge in [-0.3, -0.25) is 9.59 Å². The molecule has 0 radical (unpaired) electrons. The minimum atomic E-state index is -0.0946. The standard InChI is InChI=1S/C26H25ClN2O3/c27-22-9-7-20(8-10-22)24-12-11-23(32-24)18-28-26(31)21-14-16-29(17-15-21)25(30)13-6-19-4-2-1-3-5-19/h1-13,21H,14-18H2,(H,28,31)/b13-6+. The van der Waals surface area contributed by atoms with Gasteiger partial charge in [0.25, 0.3) is 0 Å². The zero-order valence-corrected chi connectivity index (χ0v) is 18.4. The van der Waals surface area contributed by atoms with E-state index in [1.54, 1.807) is 11.0 Å². The van der Waals surface area contributed by atoms with Gasteiger partial charge in [0.1, 0.15) is 11.5 Å². The molecule has 5 nitrogen and oxygen atoms in total. The van der Waals surface area contributed by atoms with Gasteiger partial charge in [-0.15, -0.1) is 0 Å². The Morgan fingerprint density at radius 1 is 1.00 bits per heavy atom. The molecule has 0 saturated carbocycles. The SMILES string of the molecule is O=C(NCc1ccc(-c2ccc(Cl)cc2)o1)C1CCN(C(=O)/C=C/c2ccccc2)CC1. The highest BCUT2D eigenvalue weighted by Crippen LogP contribution is 2.24. The maximum absolute atomic E-state index is 12.6. The van der Waals surface area contributed by atoms with E-state index < -0.39 is 0 Å². The van der Waals surface area contributed by atoms with Crippen molar-refractivity contribution in [1.82, 2.24) is 10.2 Å². The molecule has 1 N–H and O–H groups in total. The third kappa shape index (κ3) is 5.68. The quantitative estimate of drug-likeness (QED) is 0.529. The molecule has 1 aromatic heterocycles. The van der Waals surface area contributed by atoms with E-state index in [1.807, 2.05) is 72.8 Å². The number of rotatable bonds is 6. The molecular formula is C26H25ClN2O3. The number of benzene rings is 2. The maximum atomic E-state index is 12.6. The van der Waals surface area contributed by atoms with Crippen molar-refractivity contribution in [3.05, 3.63) is 89.2 Å². The maximum Gasteiger partial charge on any atom is 0.246 e. The minimum Gasteiger partial charge on any atom is -0.459 e. The van der Waals surface area contributed by atoms with Crippen LogP contribution in [0.4, 0.5) is 0 Å². The molecule has 2 amide bonds. The van der Waals surface area contributed by atoms with Gasteiger partial charge in [0, 0.05) is 35.7 Å². The van der Waals surface area contributed by atoms with Crippen LogP contribution in [0.1, 0.15) is 24.2 Å². The molecule has 1 saturated heterocycles. The lowest BCUT2D eigenvalue weighted by Crippen LogP contribution is -2.42. The molecule has 2 heterocycles. The third-order valence-electron chi connectivity index (χ3n) is 5.62. The van der Waals surface area contributed by atoms with Gasteiger partial charge in [-0.25, -0.2) is 0 Å². The molecule has 6 heteroatoms. The van der Waals surface area contributed by atoms with Crippen LogP contribution in [-0.4, -0.2) is 29.8 Å². The fourth-order valence-corrected chi connectivity index (χ4v) is 3.89. The second kappa shape index (κ2) is 10.3. The first-order valence-corrected chi connectivity index (χ1v) is 11.1. The molecule has 32 heavy (non-hydrogen) atoms. The molecule has 0 unspecified atom stereocenters. The van der Waals surface area contributed by atoms with E-state index in [2.05, 4.69) is 5.32 Å². The van der Waals surface area contributed by atoms with Crippen LogP contribution in [0.5, 0.6) is 0 Å². The summed E-state index contributed by atoms with van der Waals surface area (Å²) in [4.78, 5) is 26.8. The summed E-state index contributed by atoms with van der Waals surface area (Å²) in [5.41, 5.74) is 1.93. The van der Waals surface area contributed by atoms with Crippen molar-refractivity contribution in [2.75, 3.05) is 13.1 Å². The van der Waals surface area contributed by atoms with Crippen LogP contribution < -0.4 is 5.32 Å². The summed E-state index contributed by atoms with van der Waals surface area (Å²) in [5.74, 6) is 1.32. The molecule has 0 atom stereocenters. The number of furan rings is 1. The Kier molecular flexibility index (Phi) is 7.07. The van der Waals surface area contributed by atoms with Gasteiger partial charge in [-0.2, -0.15) is 0 Å². The summed E-state index contributed by atoms with van der Waals surface area (Å²) in [6, 6.07) is 20.9. The van der Waals surface area contributed by atoms with E-state index in [0.29, 0.717) is 43.3 Å². The molecule has 0 bridgehead atoms. The minimum absolute atomic E-state index is 0.00127. The zero-order valence-electron chi connectivity index (χ0n) is 17.7. The van der Waals surface area contributed by atoms with Crippen LogP contribution in [0.15, 0.2) is 77.2 Å². The van der Waals surface area contributed by atoms with E-state index in [9.17, 15) is 9.59 Å². The monoisotopic (exact) mass is 448 g/mol. The fourth-order valence-electron chi connectivity index (χ4n) is 3.76. The Bertz CT molecular complexity index is 1080. The van der Waals surface area contributed by atoms with Crippen molar-refractivity contribution in [2.24, 2.45) is 5.92 Å². The van der Waals surface area contributed by atoms with E-state index in [4.69, 9.17) is 16.0 Å². The summed E-state index contributed by atoms with van der Waals surface area (Å²) in [6.07, 6.45) is 4.74. The average molecular weight is 449 g/mol. The highest BCUT2D eigenvalue weighted by atomic mass is 35.5. The zero-order chi connectivity index (χ0) is 22.3. The molecule has 164 valence electrons. The predicted octanol–water partition coefficient (Wildman–Crippen LogP) is 5.17. The highest BCUT2D eigenvalue weighted by Gasteiger charge is 2.26. The largest absolute Gasteiger partial charge is 0.459 e. The Morgan fingerprint density at radius 3 is 2.44 bits per heavy atom. The van der Waals surface area contributed by atoms with Gasteiger partial charge in [-0.05, 0) is 60.9 Å². The molecule has 1 aliphatic heterocycles. The molecule has 0 aliphatic carbocycles. The molecule has 1 aliphatic rings. The van der Waals surface area contributed by atoms with E-state index in [0.717, 1.165) is 16.9 Å². The van der Waals surface area contributed by atoms with Gasteiger partial charge in [0.15, 0.2) is 0 Å². The van der Waals surface area contributed by atoms with Crippen LogP contribution in [0.3, 0.4) is 0 Å². The molecule has 0 spiro atoms. The number of carbonyl (C=O) groups excluding carboxylic acids is 2. The first-order chi connectivity index (χ1) is 15.6. The van der Waals surface area contributed by atoms with Crippen molar-refractivity contribution in [2.45, 2.75) is 19.4 Å². The smallest absolute Gasteiger partial charge is 0.246 e. The second-order valence-corrected chi connectivity index (χ2v) is 8.27. The van der Waals surface area contributed by atoms with Crippen LogP contribution in [0.25, 0.3) is 17.4 Å².